The third-order valence-electron chi connectivity index (χ3n) is 9.65. The van der Waals surface area contributed by atoms with E-state index in [4.69, 9.17) is 16.3 Å². The van der Waals surface area contributed by atoms with Crippen LogP contribution in [0.4, 0.5) is 0 Å². The molecule has 2 heterocycles. The number of ether oxygens (including phenoxy) is 1. The van der Waals surface area contributed by atoms with Gasteiger partial charge in [0.05, 0.1) is 12.5 Å². The smallest absolute Gasteiger partial charge is 0.227 e. The second-order valence-electron chi connectivity index (χ2n) is 13.0. The number of amides is 1. The van der Waals surface area contributed by atoms with E-state index >= 15 is 0 Å². The van der Waals surface area contributed by atoms with Crippen molar-refractivity contribution >= 4 is 17.5 Å². The van der Waals surface area contributed by atoms with Crippen LogP contribution in [-0.2, 0) is 16.6 Å². The number of hydrogen-bond donors (Lipinski definition) is 0. The summed E-state index contributed by atoms with van der Waals surface area (Å²) in [6.07, 6.45) is 11.8. The van der Waals surface area contributed by atoms with Crippen LogP contribution in [0.1, 0.15) is 82.8 Å². The summed E-state index contributed by atoms with van der Waals surface area (Å²) >= 11 is 6.55. The van der Waals surface area contributed by atoms with Crippen LogP contribution >= 0.6 is 11.6 Å². The molecular weight excluding hydrogens is 530 g/mol. The summed E-state index contributed by atoms with van der Waals surface area (Å²) in [5, 5.41) is 0.784. The minimum absolute atomic E-state index is 0.0832. The van der Waals surface area contributed by atoms with Crippen LogP contribution in [0, 0.1) is 0 Å². The fourth-order valence-corrected chi connectivity index (χ4v) is 7.55. The Morgan fingerprint density at radius 3 is 2.49 bits per heavy atom. The van der Waals surface area contributed by atoms with Crippen molar-refractivity contribution in [2.24, 2.45) is 0 Å². The summed E-state index contributed by atoms with van der Waals surface area (Å²) in [6.45, 7) is 11.4. The molecule has 1 saturated carbocycles. The zero-order chi connectivity index (χ0) is 28.7. The van der Waals surface area contributed by atoms with Crippen LogP contribution in [0.15, 0.2) is 48.5 Å². The summed E-state index contributed by atoms with van der Waals surface area (Å²) in [7, 11) is 0. The molecule has 5 nitrogen and oxygen atoms in total. The van der Waals surface area contributed by atoms with Gasteiger partial charge in [0.2, 0.25) is 5.91 Å². The predicted octanol–water partition coefficient (Wildman–Crippen LogP) is 6.96. The summed E-state index contributed by atoms with van der Waals surface area (Å²) in [4.78, 5) is 21.3. The fraction of sp³-hybridized carbons (Fsp3) is 0.629. The van der Waals surface area contributed by atoms with E-state index in [9.17, 15) is 4.79 Å². The lowest BCUT2D eigenvalue weighted by atomic mass is 9.73. The average molecular weight is 580 g/mol. The molecular formula is C35H50ClN3O2. The number of carbonyl (C=O) groups excluding carboxylic acids is 1. The van der Waals surface area contributed by atoms with Crippen LogP contribution in [0.5, 0.6) is 5.75 Å². The maximum absolute atomic E-state index is 13.8. The first-order chi connectivity index (χ1) is 19.9. The maximum Gasteiger partial charge on any atom is 0.227 e. The van der Waals surface area contributed by atoms with E-state index in [2.05, 4.69) is 32.9 Å². The predicted molar refractivity (Wildman–Crippen MR) is 169 cm³/mol. The summed E-state index contributed by atoms with van der Waals surface area (Å²) in [6, 6.07) is 17.3. The molecule has 2 aromatic rings. The Morgan fingerprint density at radius 2 is 1.73 bits per heavy atom. The molecule has 2 aromatic carbocycles. The number of hydrogen-bond acceptors (Lipinski definition) is 4. The lowest BCUT2D eigenvalue weighted by Crippen LogP contribution is -2.52. The Labute approximate surface area is 253 Å². The first kappa shape index (κ1) is 30.4. The normalized spacial score (nSPS) is 23.5. The van der Waals surface area contributed by atoms with Crippen molar-refractivity contribution in [2.45, 2.75) is 95.6 Å². The second-order valence-corrected chi connectivity index (χ2v) is 13.4. The van der Waals surface area contributed by atoms with Gasteiger partial charge in [-0.2, -0.15) is 0 Å². The summed E-state index contributed by atoms with van der Waals surface area (Å²) in [5.74, 6) is 1.04. The average Bonchev–Trinajstić information content (AvgIpc) is 3.21. The number of nitrogens with zero attached hydrogens (tertiary/aromatic N) is 3. The molecule has 224 valence electrons. The van der Waals surface area contributed by atoms with Crippen LogP contribution in [0.2, 0.25) is 5.02 Å². The SMILES string of the molecule is CC(C)Oc1cccc(CC(=O)N2CCCC[C@](CCN3CCN(C4CCCCC4)CC3)(c3cccc(Cl)c3)C2)c1. The third kappa shape index (κ3) is 8.27. The van der Waals surface area contributed by atoms with Crippen molar-refractivity contribution in [3.63, 3.8) is 0 Å². The quantitative estimate of drug-likeness (QED) is 0.322. The number of rotatable bonds is 9. The van der Waals surface area contributed by atoms with E-state index in [0.717, 1.165) is 80.8 Å². The fourth-order valence-electron chi connectivity index (χ4n) is 7.36. The minimum Gasteiger partial charge on any atom is -0.491 e. The van der Waals surface area contributed by atoms with Gasteiger partial charge < -0.3 is 14.5 Å². The van der Waals surface area contributed by atoms with Gasteiger partial charge >= 0.3 is 0 Å². The van der Waals surface area contributed by atoms with Gasteiger partial charge in [0.15, 0.2) is 0 Å². The van der Waals surface area contributed by atoms with Crippen LogP contribution < -0.4 is 4.74 Å². The molecule has 1 atom stereocenters. The Hall–Kier alpha value is -2.08. The molecule has 1 aliphatic carbocycles. The molecule has 1 amide bonds. The molecule has 3 fully saturated rings. The molecule has 2 aliphatic heterocycles. The molecule has 0 radical (unpaired) electrons. The van der Waals surface area contributed by atoms with Gasteiger partial charge in [-0.3, -0.25) is 9.69 Å². The van der Waals surface area contributed by atoms with Gasteiger partial charge in [-0.15, -0.1) is 0 Å². The largest absolute Gasteiger partial charge is 0.491 e. The second kappa shape index (κ2) is 14.4. The lowest BCUT2D eigenvalue weighted by Gasteiger charge is -2.43. The van der Waals surface area contributed by atoms with Crippen molar-refractivity contribution in [3.05, 3.63) is 64.7 Å². The van der Waals surface area contributed by atoms with E-state index in [-0.39, 0.29) is 17.4 Å². The van der Waals surface area contributed by atoms with E-state index < -0.39 is 0 Å². The highest BCUT2D eigenvalue weighted by atomic mass is 35.5. The number of likely N-dealkylation sites (tertiary alicyclic amines) is 1. The minimum atomic E-state index is -0.0832. The number of benzene rings is 2. The molecule has 3 aliphatic rings. The first-order valence-corrected chi connectivity index (χ1v) is 16.5. The van der Waals surface area contributed by atoms with Gasteiger partial charge in [-0.1, -0.05) is 61.5 Å². The van der Waals surface area contributed by atoms with Crippen LogP contribution in [0.25, 0.3) is 0 Å². The first-order valence-electron chi connectivity index (χ1n) is 16.2. The number of piperazine rings is 1. The topological polar surface area (TPSA) is 36.0 Å². The van der Waals surface area contributed by atoms with Gasteiger partial charge in [0.1, 0.15) is 5.75 Å². The number of halogens is 1. The number of carbonyl (C=O) groups is 1. The van der Waals surface area contributed by atoms with Crippen molar-refractivity contribution in [2.75, 3.05) is 45.8 Å². The monoisotopic (exact) mass is 579 g/mol. The van der Waals surface area contributed by atoms with Crippen molar-refractivity contribution in [1.29, 1.82) is 0 Å². The maximum atomic E-state index is 13.8. The Bertz CT molecular complexity index is 1130. The Kier molecular flexibility index (Phi) is 10.7. The standard InChI is InChI=1S/C35H50ClN3O2/c1-28(2)41-33-15-8-10-29(24-33)25-34(40)39-18-7-6-16-35(27-39,30-11-9-12-31(36)26-30)17-19-37-20-22-38(23-21-37)32-13-4-3-5-14-32/h8-12,15,24,26,28,32H,3-7,13-14,16-23,25,27H2,1-2H3/t35-/m1/s1. The summed E-state index contributed by atoms with van der Waals surface area (Å²) < 4.78 is 5.89. The highest BCUT2D eigenvalue weighted by molar-refractivity contribution is 6.30. The molecule has 0 spiro atoms. The third-order valence-corrected chi connectivity index (χ3v) is 9.88. The summed E-state index contributed by atoms with van der Waals surface area (Å²) in [5.41, 5.74) is 2.22. The Morgan fingerprint density at radius 1 is 0.951 bits per heavy atom. The molecule has 2 saturated heterocycles. The molecule has 41 heavy (non-hydrogen) atoms. The van der Waals surface area contributed by atoms with Crippen molar-refractivity contribution < 1.29 is 9.53 Å². The van der Waals surface area contributed by atoms with Crippen LogP contribution in [0.3, 0.4) is 0 Å². The van der Waals surface area contributed by atoms with E-state index in [1.807, 2.05) is 44.2 Å². The van der Waals surface area contributed by atoms with E-state index in [0.29, 0.717) is 6.42 Å². The van der Waals surface area contributed by atoms with Gasteiger partial charge in [0, 0.05) is 55.7 Å². The highest BCUT2D eigenvalue weighted by Crippen LogP contribution is 2.38. The van der Waals surface area contributed by atoms with Crippen molar-refractivity contribution in [3.8, 4) is 5.75 Å². The lowest BCUT2D eigenvalue weighted by molar-refractivity contribution is -0.131. The zero-order valence-electron chi connectivity index (χ0n) is 25.3. The van der Waals surface area contributed by atoms with Crippen molar-refractivity contribution in [1.82, 2.24) is 14.7 Å². The molecule has 0 aromatic heterocycles. The molecule has 6 heteroatoms. The molecule has 5 rings (SSSR count). The van der Waals surface area contributed by atoms with Gasteiger partial charge in [-0.25, -0.2) is 0 Å². The molecule has 0 bridgehead atoms. The van der Waals surface area contributed by atoms with Crippen LogP contribution in [-0.4, -0.2) is 78.6 Å². The van der Waals surface area contributed by atoms with E-state index in [1.165, 1.54) is 50.8 Å². The van der Waals surface area contributed by atoms with E-state index in [1.54, 1.807) is 0 Å². The zero-order valence-corrected chi connectivity index (χ0v) is 26.1. The Balaban J connectivity index is 1.27. The van der Waals surface area contributed by atoms with Gasteiger partial charge in [0.25, 0.3) is 0 Å². The van der Waals surface area contributed by atoms with Gasteiger partial charge in [-0.05, 0) is 87.9 Å². The highest BCUT2D eigenvalue weighted by Gasteiger charge is 2.38. The molecule has 0 unspecified atom stereocenters. The molecule has 0 N–H and O–H groups in total.